The summed E-state index contributed by atoms with van der Waals surface area (Å²) >= 11 is 0. The van der Waals surface area contributed by atoms with Crippen LogP contribution in [0, 0.1) is 6.92 Å². The molecule has 0 aliphatic rings. The molecule has 1 heterocycles. The zero-order valence-corrected chi connectivity index (χ0v) is 13.8. The summed E-state index contributed by atoms with van der Waals surface area (Å²) in [5.74, 6) is -0.318. The molecule has 5 nitrogen and oxygen atoms in total. The van der Waals surface area contributed by atoms with Gasteiger partial charge in [0.1, 0.15) is 0 Å². The average molecular weight is 320 g/mol. The van der Waals surface area contributed by atoms with E-state index < -0.39 is 0 Å². The van der Waals surface area contributed by atoms with Crippen molar-refractivity contribution in [1.29, 1.82) is 0 Å². The zero-order valence-electron chi connectivity index (χ0n) is 13.8. The molecule has 5 heteroatoms. The third-order valence-electron chi connectivity index (χ3n) is 4.16. The van der Waals surface area contributed by atoms with E-state index in [1.165, 1.54) is 0 Å². The largest absolute Gasteiger partial charge is 0.398 e. The van der Waals surface area contributed by atoms with Gasteiger partial charge in [-0.3, -0.25) is 4.79 Å². The minimum atomic E-state index is -0.318. The van der Waals surface area contributed by atoms with Gasteiger partial charge in [-0.2, -0.15) is 5.10 Å². The Kier molecular flexibility index (Phi) is 4.33. The first-order chi connectivity index (χ1) is 11.6. The Labute approximate surface area is 140 Å². The molecule has 122 valence electrons. The fraction of sp³-hybridized carbons (Fsp3) is 0.158. The van der Waals surface area contributed by atoms with Crippen molar-refractivity contribution in [2.75, 3.05) is 5.73 Å². The minimum Gasteiger partial charge on any atom is -0.398 e. The number of nitrogen functional groups attached to an aromatic ring is 1. The first kappa shape index (κ1) is 15.8. The molecule has 3 aromatic rings. The van der Waals surface area contributed by atoms with Crippen molar-refractivity contribution >= 4 is 28.7 Å². The Morgan fingerprint density at radius 1 is 1.21 bits per heavy atom. The van der Waals surface area contributed by atoms with Crippen LogP contribution in [0.4, 0.5) is 5.69 Å². The van der Waals surface area contributed by atoms with Crippen molar-refractivity contribution in [2.45, 2.75) is 20.4 Å². The van der Waals surface area contributed by atoms with E-state index in [9.17, 15) is 4.79 Å². The summed E-state index contributed by atoms with van der Waals surface area (Å²) in [5.41, 5.74) is 12.5. The molecular formula is C19H20N4O. The number of aryl methyl sites for hydroxylation is 1. The van der Waals surface area contributed by atoms with Gasteiger partial charge in [0, 0.05) is 34.4 Å². The highest BCUT2D eigenvalue weighted by molar-refractivity contribution is 6.03. The topological polar surface area (TPSA) is 72.4 Å². The number of amides is 1. The van der Waals surface area contributed by atoms with Crippen molar-refractivity contribution in [3.8, 4) is 0 Å². The van der Waals surface area contributed by atoms with Crippen molar-refractivity contribution in [3.63, 3.8) is 0 Å². The number of para-hydroxylation sites is 2. The van der Waals surface area contributed by atoms with Crippen LogP contribution in [0.5, 0.6) is 0 Å². The summed E-state index contributed by atoms with van der Waals surface area (Å²) < 4.78 is 2.23. The van der Waals surface area contributed by atoms with E-state index in [2.05, 4.69) is 41.1 Å². The maximum Gasteiger partial charge on any atom is 0.273 e. The molecule has 1 aromatic heterocycles. The molecule has 0 atom stereocenters. The van der Waals surface area contributed by atoms with Gasteiger partial charge in [0.2, 0.25) is 0 Å². The summed E-state index contributed by atoms with van der Waals surface area (Å²) in [5, 5.41) is 5.24. The summed E-state index contributed by atoms with van der Waals surface area (Å²) in [6.45, 7) is 5.05. The van der Waals surface area contributed by atoms with Crippen LogP contribution in [-0.4, -0.2) is 16.7 Å². The molecule has 0 saturated heterocycles. The highest BCUT2D eigenvalue weighted by atomic mass is 16.2. The van der Waals surface area contributed by atoms with E-state index in [0.29, 0.717) is 11.3 Å². The number of rotatable bonds is 4. The van der Waals surface area contributed by atoms with Crippen LogP contribution >= 0.6 is 0 Å². The zero-order chi connectivity index (χ0) is 17.1. The van der Waals surface area contributed by atoms with Gasteiger partial charge in [0.25, 0.3) is 5.91 Å². The lowest BCUT2D eigenvalue weighted by Crippen LogP contribution is -2.19. The van der Waals surface area contributed by atoms with E-state index in [-0.39, 0.29) is 5.91 Å². The Balaban J connectivity index is 1.88. The quantitative estimate of drug-likeness (QED) is 0.440. The number of nitrogens with zero attached hydrogens (tertiary/aromatic N) is 2. The van der Waals surface area contributed by atoms with Crippen LogP contribution in [-0.2, 0) is 6.54 Å². The second-order valence-corrected chi connectivity index (χ2v) is 5.55. The van der Waals surface area contributed by atoms with Crippen LogP contribution in [0.3, 0.4) is 0 Å². The second-order valence-electron chi connectivity index (χ2n) is 5.55. The number of hydrazone groups is 1. The lowest BCUT2D eigenvalue weighted by atomic mass is 10.1. The summed E-state index contributed by atoms with van der Waals surface area (Å²) in [6, 6.07) is 15.1. The lowest BCUT2D eigenvalue weighted by molar-refractivity contribution is 0.0956. The summed E-state index contributed by atoms with van der Waals surface area (Å²) in [7, 11) is 0. The van der Waals surface area contributed by atoms with E-state index in [4.69, 9.17) is 5.73 Å². The van der Waals surface area contributed by atoms with Gasteiger partial charge in [-0.1, -0.05) is 30.3 Å². The van der Waals surface area contributed by atoms with Crippen molar-refractivity contribution in [2.24, 2.45) is 5.10 Å². The third-order valence-corrected chi connectivity index (χ3v) is 4.16. The monoisotopic (exact) mass is 320 g/mol. The molecule has 2 aromatic carbocycles. The van der Waals surface area contributed by atoms with Gasteiger partial charge in [0.15, 0.2) is 0 Å². The number of aromatic nitrogens is 1. The molecule has 0 saturated carbocycles. The normalized spacial score (nSPS) is 11.2. The molecule has 3 rings (SSSR count). The smallest absolute Gasteiger partial charge is 0.273 e. The molecular weight excluding hydrogens is 300 g/mol. The minimum absolute atomic E-state index is 0.318. The fourth-order valence-electron chi connectivity index (χ4n) is 2.95. The van der Waals surface area contributed by atoms with E-state index >= 15 is 0 Å². The van der Waals surface area contributed by atoms with Crippen LogP contribution in [0.25, 0.3) is 10.9 Å². The number of hydrogen-bond donors (Lipinski definition) is 2. The fourth-order valence-corrected chi connectivity index (χ4v) is 2.95. The number of carbonyl (C=O) groups excluding carboxylic acids is 1. The van der Waals surface area contributed by atoms with Gasteiger partial charge in [-0.15, -0.1) is 0 Å². The number of nitrogens with one attached hydrogen (secondary N) is 1. The summed E-state index contributed by atoms with van der Waals surface area (Å²) in [4.78, 5) is 12.2. The first-order valence-electron chi connectivity index (χ1n) is 7.89. The maximum atomic E-state index is 12.2. The highest BCUT2D eigenvalue weighted by Gasteiger charge is 2.11. The molecule has 3 N–H and O–H groups in total. The van der Waals surface area contributed by atoms with Gasteiger partial charge >= 0.3 is 0 Å². The number of carbonyl (C=O) groups is 1. The van der Waals surface area contributed by atoms with Crippen molar-refractivity contribution in [3.05, 3.63) is 65.4 Å². The summed E-state index contributed by atoms with van der Waals surface area (Å²) in [6.07, 6.45) is 1.70. The van der Waals surface area contributed by atoms with Crippen molar-refractivity contribution in [1.82, 2.24) is 9.99 Å². The van der Waals surface area contributed by atoms with Crippen LogP contribution in [0.15, 0.2) is 53.6 Å². The molecule has 0 unspecified atom stereocenters. The van der Waals surface area contributed by atoms with Crippen LogP contribution in [0.1, 0.15) is 28.5 Å². The molecule has 0 bridgehead atoms. The van der Waals surface area contributed by atoms with Crippen LogP contribution in [0.2, 0.25) is 0 Å². The van der Waals surface area contributed by atoms with Gasteiger partial charge in [-0.25, -0.2) is 5.43 Å². The van der Waals surface area contributed by atoms with Crippen LogP contribution < -0.4 is 11.2 Å². The van der Waals surface area contributed by atoms with Crippen molar-refractivity contribution < 1.29 is 4.79 Å². The van der Waals surface area contributed by atoms with E-state index in [0.717, 1.165) is 28.7 Å². The van der Waals surface area contributed by atoms with E-state index in [1.54, 1.807) is 30.5 Å². The Bertz CT molecular complexity index is 924. The molecule has 0 aliphatic heterocycles. The second kappa shape index (κ2) is 6.58. The maximum absolute atomic E-state index is 12.2. The number of anilines is 1. The predicted molar refractivity (Wildman–Crippen MR) is 98.3 cm³/mol. The molecule has 1 amide bonds. The highest BCUT2D eigenvalue weighted by Crippen LogP contribution is 2.24. The molecule has 0 fully saturated rings. The molecule has 24 heavy (non-hydrogen) atoms. The Morgan fingerprint density at radius 2 is 1.92 bits per heavy atom. The van der Waals surface area contributed by atoms with Gasteiger partial charge < -0.3 is 10.3 Å². The Hall–Kier alpha value is -3.08. The standard InChI is InChI=1S/C19H20N4O/c1-3-23-13(2)16(14-8-5-7-11-18(14)23)12-21-22-19(24)15-9-4-6-10-17(15)20/h4-12H,3,20H2,1-2H3,(H,22,24)/b21-12-. The van der Waals surface area contributed by atoms with E-state index in [1.807, 2.05) is 12.1 Å². The first-order valence-corrected chi connectivity index (χ1v) is 7.89. The number of hydrogen-bond acceptors (Lipinski definition) is 3. The average Bonchev–Trinajstić information content (AvgIpc) is 2.86. The predicted octanol–water partition coefficient (Wildman–Crippen LogP) is 3.32. The number of nitrogens with two attached hydrogens (primary N) is 1. The number of benzene rings is 2. The van der Waals surface area contributed by atoms with Gasteiger partial charge in [-0.05, 0) is 32.0 Å². The molecule has 0 spiro atoms. The SMILES string of the molecule is CCn1c(C)c(/C=N\NC(=O)c2ccccc2N)c2ccccc21. The Morgan fingerprint density at radius 3 is 2.67 bits per heavy atom. The molecule has 0 aliphatic carbocycles. The van der Waals surface area contributed by atoms with Gasteiger partial charge in [0.05, 0.1) is 11.8 Å². The molecule has 0 radical (unpaired) electrons. The third kappa shape index (κ3) is 2.76. The lowest BCUT2D eigenvalue weighted by Gasteiger charge is -2.04. The number of fused-ring (bicyclic) bond motifs is 1.